The van der Waals surface area contributed by atoms with Crippen molar-refractivity contribution < 1.29 is 14.3 Å². The molecule has 1 heterocycles. The van der Waals surface area contributed by atoms with Gasteiger partial charge >= 0.3 is 5.97 Å². The van der Waals surface area contributed by atoms with Crippen molar-refractivity contribution in [2.24, 2.45) is 0 Å². The molecule has 1 saturated heterocycles. The zero-order chi connectivity index (χ0) is 12.3. The van der Waals surface area contributed by atoms with Crippen LogP contribution in [0.15, 0.2) is 23.1 Å². The first-order valence-electron chi connectivity index (χ1n) is 5.51. The van der Waals surface area contributed by atoms with E-state index in [4.69, 9.17) is 15.2 Å². The number of nitrogens with two attached hydrogens (primary N) is 1. The third kappa shape index (κ3) is 2.92. The van der Waals surface area contributed by atoms with Gasteiger partial charge in [0, 0.05) is 10.6 Å². The maximum Gasteiger partial charge on any atom is 0.340 e. The summed E-state index contributed by atoms with van der Waals surface area (Å²) in [6.45, 7) is 3.66. The van der Waals surface area contributed by atoms with Crippen molar-refractivity contribution in [1.29, 1.82) is 0 Å². The van der Waals surface area contributed by atoms with Gasteiger partial charge in [0.25, 0.3) is 0 Å². The molecule has 0 saturated carbocycles. The van der Waals surface area contributed by atoms with Crippen LogP contribution in [0.3, 0.4) is 0 Å². The molecule has 0 spiro atoms. The van der Waals surface area contributed by atoms with Gasteiger partial charge in [-0.1, -0.05) is 0 Å². The normalized spacial score (nSPS) is 15.4. The molecule has 1 aliphatic heterocycles. The van der Waals surface area contributed by atoms with Crippen molar-refractivity contribution in [1.82, 2.24) is 0 Å². The molecule has 2 rings (SSSR count). The van der Waals surface area contributed by atoms with Gasteiger partial charge in [-0.15, -0.1) is 11.8 Å². The van der Waals surface area contributed by atoms with Crippen molar-refractivity contribution in [2.75, 3.05) is 25.6 Å². The lowest BCUT2D eigenvalue weighted by Gasteiger charge is -2.25. The summed E-state index contributed by atoms with van der Waals surface area (Å²) < 4.78 is 10.1. The Balaban J connectivity index is 2.13. The molecule has 0 aromatic heterocycles. The van der Waals surface area contributed by atoms with Gasteiger partial charge in [-0.2, -0.15) is 0 Å². The Morgan fingerprint density at radius 1 is 1.59 bits per heavy atom. The van der Waals surface area contributed by atoms with Crippen molar-refractivity contribution >= 4 is 23.4 Å². The highest BCUT2D eigenvalue weighted by Gasteiger charge is 2.20. The van der Waals surface area contributed by atoms with Gasteiger partial charge in [-0.25, -0.2) is 4.79 Å². The highest BCUT2D eigenvalue weighted by molar-refractivity contribution is 8.00. The van der Waals surface area contributed by atoms with Crippen LogP contribution in [0.1, 0.15) is 17.3 Å². The van der Waals surface area contributed by atoms with Crippen LogP contribution in [0.25, 0.3) is 0 Å². The second-order valence-electron chi connectivity index (χ2n) is 3.75. The number of rotatable bonds is 4. The Labute approximate surface area is 104 Å². The second-order valence-corrected chi connectivity index (χ2v) is 5.12. The molecule has 0 aliphatic carbocycles. The van der Waals surface area contributed by atoms with Crippen LogP contribution in [0.2, 0.25) is 0 Å². The molecule has 0 atom stereocenters. The van der Waals surface area contributed by atoms with E-state index in [9.17, 15) is 4.79 Å². The van der Waals surface area contributed by atoms with Gasteiger partial charge in [0.2, 0.25) is 0 Å². The third-order valence-electron chi connectivity index (χ3n) is 2.43. The Kier molecular flexibility index (Phi) is 3.91. The molecule has 1 aliphatic rings. The number of carbonyl (C=O) groups is 1. The summed E-state index contributed by atoms with van der Waals surface area (Å²) in [5.74, 6) is -0.364. The molecule has 0 amide bonds. The number of esters is 1. The summed E-state index contributed by atoms with van der Waals surface area (Å²) in [5.41, 5.74) is 6.66. The summed E-state index contributed by atoms with van der Waals surface area (Å²) in [6.07, 6.45) is 0. The highest BCUT2D eigenvalue weighted by Crippen LogP contribution is 2.30. The Morgan fingerprint density at radius 3 is 2.94 bits per heavy atom. The lowest BCUT2D eigenvalue weighted by atomic mass is 10.2. The fraction of sp³-hybridized carbons (Fsp3) is 0.417. The minimum Gasteiger partial charge on any atom is -0.462 e. The van der Waals surface area contributed by atoms with Crippen molar-refractivity contribution in [3.05, 3.63) is 23.8 Å². The molecule has 0 radical (unpaired) electrons. The van der Waals surface area contributed by atoms with Gasteiger partial charge in [-0.05, 0) is 25.1 Å². The molecular weight excluding hydrogens is 238 g/mol. The topological polar surface area (TPSA) is 61.5 Å². The monoisotopic (exact) mass is 253 g/mol. The van der Waals surface area contributed by atoms with Crippen LogP contribution in [0, 0.1) is 0 Å². The molecule has 0 unspecified atom stereocenters. The average molecular weight is 253 g/mol. The Morgan fingerprint density at radius 2 is 2.35 bits per heavy atom. The van der Waals surface area contributed by atoms with E-state index in [1.54, 1.807) is 30.8 Å². The first-order chi connectivity index (χ1) is 8.20. The van der Waals surface area contributed by atoms with E-state index in [0.29, 0.717) is 23.1 Å². The number of anilines is 1. The van der Waals surface area contributed by atoms with Crippen LogP contribution in [-0.4, -0.2) is 31.0 Å². The van der Waals surface area contributed by atoms with Crippen LogP contribution in [0.5, 0.6) is 0 Å². The summed E-state index contributed by atoms with van der Waals surface area (Å²) in [4.78, 5) is 12.7. The number of benzene rings is 1. The lowest BCUT2D eigenvalue weighted by molar-refractivity contribution is 0.0455. The predicted molar refractivity (Wildman–Crippen MR) is 67.3 cm³/mol. The maximum absolute atomic E-state index is 11.7. The molecule has 1 aromatic carbocycles. The van der Waals surface area contributed by atoms with Gasteiger partial charge in [0.1, 0.15) is 0 Å². The maximum atomic E-state index is 11.7. The fourth-order valence-electron chi connectivity index (χ4n) is 1.47. The summed E-state index contributed by atoms with van der Waals surface area (Å²) >= 11 is 1.70. The number of hydrogen-bond acceptors (Lipinski definition) is 5. The average Bonchev–Trinajstić information content (AvgIpc) is 2.25. The standard InChI is InChI=1S/C12H15NO3S/c1-2-16-12(14)10-5-8(3-4-11(10)13)17-9-6-15-7-9/h3-5,9H,2,6-7,13H2,1H3. The zero-order valence-corrected chi connectivity index (χ0v) is 10.5. The summed E-state index contributed by atoms with van der Waals surface area (Å²) in [6, 6.07) is 5.45. The molecular formula is C12H15NO3S. The molecule has 0 bridgehead atoms. The van der Waals surface area contributed by atoms with E-state index >= 15 is 0 Å². The van der Waals surface area contributed by atoms with E-state index in [2.05, 4.69) is 0 Å². The number of nitrogen functional groups attached to an aromatic ring is 1. The second kappa shape index (κ2) is 5.42. The van der Waals surface area contributed by atoms with Crippen LogP contribution >= 0.6 is 11.8 Å². The van der Waals surface area contributed by atoms with Crippen LogP contribution in [0.4, 0.5) is 5.69 Å². The predicted octanol–water partition coefficient (Wildman–Crippen LogP) is 1.94. The van der Waals surface area contributed by atoms with Gasteiger partial charge in [0.05, 0.1) is 30.6 Å². The van der Waals surface area contributed by atoms with Crippen molar-refractivity contribution in [3.63, 3.8) is 0 Å². The van der Waals surface area contributed by atoms with E-state index in [-0.39, 0.29) is 5.97 Å². The number of thioether (sulfide) groups is 1. The number of ether oxygens (including phenoxy) is 2. The van der Waals surface area contributed by atoms with E-state index in [0.717, 1.165) is 18.1 Å². The first kappa shape index (κ1) is 12.3. The number of carbonyl (C=O) groups excluding carboxylic acids is 1. The van der Waals surface area contributed by atoms with E-state index in [1.165, 1.54) is 0 Å². The molecule has 17 heavy (non-hydrogen) atoms. The largest absolute Gasteiger partial charge is 0.462 e. The molecule has 5 heteroatoms. The molecule has 1 aromatic rings. The van der Waals surface area contributed by atoms with Gasteiger partial charge < -0.3 is 15.2 Å². The summed E-state index contributed by atoms with van der Waals surface area (Å²) in [7, 11) is 0. The van der Waals surface area contributed by atoms with Gasteiger partial charge in [-0.3, -0.25) is 0 Å². The molecule has 1 fully saturated rings. The van der Waals surface area contributed by atoms with Crippen molar-refractivity contribution in [2.45, 2.75) is 17.1 Å². The first-order valence-corrected chi connectivity index (χ1v) is 6.39. The highest BCUT2D eigenvalue weighted by atomic mass is 32.2. The SMILES string of the molecule is CCOC(=O)c1cc(SC2COC2)ccc1N. The van der Waals surface area contributed by atoms with E-state index in [1.807, 2.05) is 6.07 Å². The third-order valence-corrected chi connectivity index (χ3v) is 3.56. The minimum absolute atomic E-state index is 0.353. The fourth-order valence-corrected chi connectivity index (χ4v) is 2.51. The molecule has 92 valence electrons. The molecule has 2 N–H and O–H groups in total. The smallest absolute Gasteiger partial charge is 0.340 e. The minimum atomic E-state index is -0.364. The Hall–Kier alpha value is -1.20. The quantitative estimate of drug-likeness (QED) is 0.656. The molecule has 4 nitrogen and oxygen atoms in total. The summed E-state index contributed by atoms with van der Waals surface area (Å²) in [5, 5.41) is 0.480. The van der Waals surface area contributed by atoms with Gasteiger partial charge in [0.15, 0.2) is 0 Å². The number of hydrogen-bond donors (Lipinski definition) is 1. The van der Waals surface area contributed by atoms with Crippen LogP contribution < -0.4 is 5.73 Å². The van der Waals surface area contributed by atoms with Crippen LogP contribution in [-0.2, 0) is 9.47 Å². The Bertz CT molecular complexity index is 418. The van der Waals surface area contributed by atoms with Crippen molar-refractivity contribution in [3.8, 4) is 0 Å². The van der Waals surface area contributed by atoms with E-state index < -0.39 is 0 Å². The zero-order valence-electron chi connectivity index (χ0n) is 9.64. The lowest BCUT2D eigenvalue weighted by Crippen LogP contribution is -2.30.